The van der Waals surface area contributed by atoms with Crippen molar-refractivity contribution < 1.29 is 9.90 Å². The van der Waals surface area contributed by atoms with Gasteiger partial charge in [0.1, 0.15) is 0 Å². The van der Waals surface area contributed by atoms with Gasteiger partial charge >= 0.3 is 5.97 Å². The summed E-state index contributed by atoms with van der Waals surface area (Å²) in [5.74, 6) is -0.677. The zero-order chi connectivity index (χ0) is 13.4. The molecule has 0 unspecified atom stereocenters. The highest BCUT2D eigenvalue weighted by atomic mass is 16.4. The number of aromatic carboxylic acids is 1. The highest BCUT2D eigenvalue weighted by Gasteiger charge is 2.33. The molecule has 5 nitrogen and oxygen atoms in total. The van der Waals surface area contributed by atoms with E-state index in [9.17, 15) is 4.79 Å². The third-order valence-electron chi connectivity index (χ3n) is 3.35. The molecule has 0 saturated heterocycles. The van der Waals surface area contributed by atoms with Crippen molar-refractivity contribution in [2.75, 3.05) is 0 Å². The van der Waals surface area contributed by atoms with Crippen molar-refractivity contribution >= 4 is 5.97 Å². The molecule has 5 heteroatoms. The molecule has 98 valence electrons. The number of carbonyl (C=O) groups is 1. The number of aryl methyl sites for hydroxylation is 1. The zero-order valence-electron chi connectivity index (χ0n) is 10.7. The van der Waals surface area contributed by atoms with Crippen molar-refractivity contribution in [1.29, 1.82) is 0 Å². The third-order valence-corrected chi connectivity index (χ3v) is 3.35. The van der Waals surface area contributed by atoms with Gasteiger partial charge in [-0.25, -0.2) is 9.48 Å². The molecule has 1 aromatic carbocycles. The number of rotatable bonds is 4. The standard InChI is InChI=1S/C14H15N3O2/c1-9-3-2-4-10(7-9)8-17-13(11-5-6-11)12(14(18)19)15-16-17/h2-4,7,11H,5-6,8H2,1H3,(H,18,19). The highest BCUT2D eigenvalue weighted by molar-refractivity contribution is 5.86. The van der Waals surface area contributed by atoms with Crippen LogP contribution >= 0.6 is 0 Å². The van der Waals surface area contributed by atoms with E-state index >= 15 is 0 Å². The van der Waals surface area contributed by atoms with Gasteiger partial charge in [0.25, 0.3) is 0 Å². The molecule has 1 saturated carbocycles. The maximum absolute atomic E-state index is 11.2. The molecule has 0 spiro atoms. The summed E-state index contributed by atoms with van der Waals surface area (Å²) in [7, 11) is 0. The lowest BCUT2D eigenvalue weighted by molar-refractivity contribution is 0.0689. The van der Waals surface area contributed by atoms with E-state index in [1.165, 1.54) is 5.56 Å². The van der Waals surface area contributed by atoms with Crippen molar-refractivity contribution in [2.45, 2.75) is 32.2 Å². The van der Waals surface area contributed by atoms with Crippen LogP contribution in [0.1, 0.15) is 46.1 Å². The van der Waals surface area contributed by atoms with E-state index < -0.39 is 5.97 Å². The van der Waals surface area contributed by atoms with Crippen LogP contribution < -0.4 is 0 Å². The van der Waals surface area contributed by atoms with Gasteiger partial charge in [-0.1, -0.05) is 35.0 Å². The lowest BCUT2D eigenvalue weighted by atomic mass is 10.1. The smallest absolute Gasteiger partial charge is 0.358 e. The molecule has 0 aliphatic heterocycles. The van der Waals surface area contributed by atoms with Gasteiger partial charge in [-0.3, -0.25) is 0 Å². The van der Waals surface area contributed by atoms with Crippen LogP contribution in [-0.4, -0.2) is 26.1 Å². The number of carboxylic acids is 1. The second-order valence-corrected chi connectivity index (χ2v) is 5.05. The summed E-state index contributed by atoms with van der Waals surface area (Å²) < 4.78 is 1.73. The lowest BCUT2D eigenvalue weighted by Crippen LogP contribution is -2.08. The van der Waals surface area contributed by atoms with Crippen molar-refractivity contribution in [3.63, 3.8) is 0 Å². The largest absolute Gasteiger partial charge is 0.476 e. The van der Waals surface area contributed by atoms with Gasteiger partial charge in [-0.05, 0) is 25.3 Å². The first-order valence-corrected chi connectivity index (χ1v) is 6.37. The molecule has 1 aliphatic carbocycles. The van der Waals surface area contributed by atoms with E-state index in [1.54, 1.807) is 4.68 Å². The molecule has 1 fully saturated rings. The average Bonchev–Trinajstić information content (AvgIpc) is 3.11. The van der Waals surface area contributed by atoms with Gasteiger partial charge in [0, 0.05) is 5.92 Å². The van der Waals surface area contributed by atoms with Crippen LogP contribution in [0.25, 0.3) is 0 Å². The fourth-order valence-corrected chi connectivity index (χ4v) is 2.33. The second kappa shape index (κ2) is 4.50. The normalized spacial score (nSPS) is 14.6. The summed E-state index contributed by atoms with van der Waals surface area (Å²) in [5.41, 5.74) is 3.18. The Bertz CT molecular complexity index is 629. The molecule has 1 aliphatic rings. The summed E-state index contributed by atoms with van der Waals surface area (Å²) >= 11 is 0. The Balaban J connectivity index is 1.94. The van der Waals surface area contributed by atoms with E-state index in [0.29, 0.717) is 12.5 Å². The molecule has 1 aromatic heterocycles. The molecule has 1 N–H and O–H groups in total. The van der Waals surface area contributed by atoms with E-state index in [1.807, 2.05) is 25.1 Å². The van der Waals surface area contributed by atoms with Crippen LogP contribution in [0.5, 0.6) is 0 Å². The molecular formula is C14H15N3O2. The molecule has 2 aromatic rings. The Morgan fingerprint density at radius 2 is 2.26 bits per heavy atom. The van der Waals surface area contributed by atoms with Crippen LogP contribution in [0.3, 0.4) is 0 Å². The Hall–Kier alpha value is -2.17. The Morgan fingerprint density at radius 3 is 2.89 bits per heavy atom. The predicted molar refractivity (Wildman–Crippen MR) is 69.2 cm³/mol. The molecule has 0 atom stereocenters. The van der Waals surface area contributed by atoms with Crippen LogP contribution in [-0.2, 0) is 6.54 Å². The number of carboxylic acid groups (broad SMARTS) is 1. The molecule has 19 heavy (non-hydrogen) atoms. The molecule has 3 rings (SSSR count). The van der Waals surface area contributed by atoms with Crippen molar-refractivity contribution in [3.8, 4) is 0 Å². The average molecular weight is 257 g/mol. The second-order valence-electron chi connectivity index (χ2n) is 5.05. The minimum atomic E-state index is -0.989. The van der Waals surface area contributed by atoms with Gasteiger partial charge < -0.3 is 5.11 Å². The fourth-order valence-electron chi connectivity index (χ4n) is 2.33. The van der Waals surface area contributed by atoms with Gasteiger partial charge in [0.05, 0.1) is 12.2 Å². The molecular weight excluding hydrogens is 242 g/mol. The van der Waals surface area contributed by atoms with Gasteiger partial charge in [-0.2, -0.15) is 0 Å². The number of hydrogen-bond acceptors (Lipinski definition) is 3. The van der Waals surface area contributed by atoms with Gasteiger partial charge in [0.2, 0.25) is 0 Å². The number of benzene rings is 1. The minimum absolute atomic E-state index is 0.107. The van der Waals surface area contributed by atoms with Gasteiger partial charge in [-0.15, -0.1) is 5.10 Å². The summed E-state index contributed by atoms with van der Waals surface area (Å²) in [6.07, 6.45) is 2.06. The topological polar surface area (TPSA) is 68.0 Å². The minimum Gasteiger partial charge on any atom is -0.476 e. The summed E-state index contributed by atoms with van der Waals surface area (Å²) in [5, 5.41) is 17.0. The Labute approximate surface area is 110 Å². The van der Waals surface area contributed by atoms with Crippen LogP contribution in [0.2, 0.25) is 0 Å². The van der Waals surface area contributed by atoms with Crippen LogP contribution in [0, 0.1) is 6.92 Å². The Morgan fingerprint density at radius 1 is 1.47 bits per heavy atom. The SMILES string of the molecule is Cc1cccc(Cn2nnc(C(=O)O)c2C2CC2)c1. The first kappa shape index (κ1) is 11.9. The predicted octanol–water partition coefficient (Wildman–Crippen LogP) is 2.21. The maximum atomic E-state index is 11.2. The van der Waals surface area contributed by atoms with Crippen LogP contribution in [0.15, 0.2) is 24.3 Å². The number of nitrogens with zero attached hydrogens (tertiary/aromatic N) is 3. The lowest BCUT2D eigenvalue weighted by Gasteiger charge is -2.06. The van der Waals surface area contributed by atoms with E-state index in [-0.39, 0.29) is 5.69 Å². The van der Waals surface area contributed by atoms with Crippen molar-refractivity contribution in [2.24, 2.45) is 0 Å². The van der Waals surface area contributed by atoms with Crippen molar-refractivity contribution in [1.82, 2.24) is 15.0 Å². The molecule has 0 amide bonds. The van der Waals surface area contributed by atoms with E-state index in [4.69, 9.17) is 5.11 Å². The molecule has 1 heterocycles. The monoisotopic (exact) mass is 257 g/mol. The third kappa shape index (κ3) is 2.36. The first-order valence-electron chi connectivity index (χ1n) is 6.37. The number of aromatic nitrogens is 3. The van der Waals surface area contributed by atoms with Gasteiger partial charge in [0.15, 0.2) is 5.69 Å². The highest BCUT2D eigenvalue weighted by Crippen LogP contribution is 2.41. The summed E-state index contributed by atoms with van der Waals surface area (Å²) in [6, 6.07) is 8.14. The summed E-state index contributed by atoms with van der Waals surface area (Å²) in [4.78, 5) is 11.2. The summed E-state index contributed by atoms with van der Waals surface area (Å²) in [6.45, 7) is 2.61. The van der Waals surface area contributed by atoms with Crippen LogP contribution in [0.4, 0.5) is 0 Å². The molecule has 0 radical (unpaired) electrons. The Kier molecular flexibility index (Phi) is 2.81. The fraction of sp³-hybridized carbons (Fsp3) is 0.357. The number of hydrogen-bond donors (Lipinski definition) is 1. The first-order chi connectivity index (χ1) is 9.15. The maximum Gasteiger partial charge on any atom is 0.358 e. The quantitative estimate of drug-likeness (QED) is 0.911. The van der Waals surface area contributed by atoms with E-state index in [0.717, 1.165) is 24.1 Å². The zero-order valence-corrected chi connectivity index (χ0v) is 10.7. The van der Waals surface area contributed by atoms with E-state index in [2.05, 4.69) is 16.4 Å². The van der Waals surface area contributed by atoms with Crippen molar-refractivity contribution in [3.05, 3.63) is 46.8 Å². The molecule has 0 bridgehead atoms.